The zero-order chi connectivity index (χ0) is 15.0. The van der Waals surface area contributed by atoms with Gasteiger partial charge in [-0.2, -0.15) is 0 Å². The summed E-state index contributed by atoms with van der Waals surface area (Å²) in [5.41, 5.74) is 2.13. The zero-order valence-electron chi connectivity index (χ0n) is 12.0. The fraction of sp³-hybridized carbons (Fsp3) is 0.294. The number of methoxy groups -OCH3 is 1. The first-order valence-electron chi connectivity index (χ1n) is 6.89. The number of rotatable bonds is 3. The third kappa shape index (κ3) is 2.59. The van der Waals surface area contributed by atoms with E-state index in [1.165, 1.54) is 12.1 Å². The summed E-state index contributed by atoms with van der Waals surface area (Å²) in [4.78, 5) is 0. The topological polar surface area (TPSA) is 38.7 Å². The van der Waals surface area contributed by atoms with Crippen LogP contribution in [0.4, 0.5) is 4.39 Å². The van der Waals surface area contributed by atoms with Gasteiger partial charge in [0, 0.05) is 17.5 Å². The second kappa shape index (κ2) is 5.37. The lowest BCUT2D eigenvalue weighted by Gasteiger charge is -2.16. The first-order valence-corrected chi connectivity index (χ1v) is 6.89. The van der Waals surface area contributed by atoms with E-state index in [1.807, 2.05) is 13.0 Å². The number of fused-ring (bicyclic) bond motifs is 1. The number of ether oxygens (including phenoxy) is 2. The van der Waals surface area contributed by atoms with Gasteiger partial charge in [-0.1, -0.05) is 12.1 Å². The van der Waals surface area contributed by atoms with Crippen LogP contribution in [0, 0.1) is 5.82 Å². The van der Waals surface area contributed by atoms with Gasteiger partial charge in [0.05, 0.1) is 7.11 Å². The van der Waals surface area contributed by atoms with Crippen molar-refractivity contribution in [3.63, 3.8) is 0 Å². The van der Waals surface area contributed by atoms with Crippen LogP contribution in [0.25, 0.3) is 0 Å². The molecular weight excluding hydrogens is 271 g/mol. The molecule has 0 amide bonds. The van der Waals surface area contributed by atoms with Gasteiger partial charge in [-0.25, -0.2) is 4.39 Å². The van der Waals surface area contributed by atoms with Crippen LogP contribution in [-0.2, 0) is 6.42 Å². The molecule has 1 heterocycles. The van der Waals surface area contributed by atoms with E-state index in [9.17, 15) is 9.50 Å². The van der Waals surface area contributed by atoms with E-state index >= 15 is 0 Å². The summed E-state index contributed by atoms with van der Waals surface area (Å²) in [7, 11) is 1.56. The Bertz CT molecular complexity index is 669. The van der Waals surface area contributed by atoms with Crippen molar-refractivity contribution in [1.82, 2.24) is 0 Å². The highest BCUT2D eigenvalue weighted by Gasteiger charge is 2.24. The van der Waals surface area contributed by atoms with Gasteiger partial charge in [0.25, 0.3) is 0 Å². The highest BCUT2D eigenvalue weighted by Crippen LogP contribution is 2.39. The highest BCUT2D eigenvalue weighted by molar-refractivity contribution is 5.51. The molecule has 2 unspecified atom stereocenters. The van der Waals surface area contributed by atoms with Crippen LogP contribution in [0.2, 0.25) is 0 Å². The minimum absolute atomic E-state index is 0.117. The number of aliphatic hydroxyl groups is 1. The summed E-state index contributed by atoms with van der Waals surface area (Å²) in [5.74, 6) is 0.966. The minimum atomic E-state index is -0.958. The normalized spacial score (nSPS) is 18.0. The Morgan fingerprint density at radius 2 is 2.14 bits per heavy atom. The third-order valence-electron chi connectivity index (χ3n) is 3.71. The van der Waals surface area contributed by atoms with Crippen molar-refractivity contribution in [2.24, 2.45) is 0 Å². The van der Waals surface area contributed by atoms with Gasteiger partial charge in [-0.15, -0.1) is 0 Å². The highest BCUT2D eigenvalue weighted by atomic mass is 19.1. The first kappa shape index (κ1) is 13.9. The summed E-state index contributed by atoms with van der Waals surface area (Å²) in [6.07, 6.45) is -0.0195. The Labute approximate surface area is 122 Å². The minimum Gasteiger partial charge on any atom is -0.496 e. The van der Waals surface area contributed by atoms with Crippen molar-refractivity contribution in [3.8, 4) is 11.5 Å². The van der Waals surface area contributed by atoms with E-state index in [0.29, 0.717) is 16.9 Å². The maximum Gasteiger partial charge on any atom is 0.125 e. The average molecular weight is 288 g/mol. The molecule has 0 fully saturated rings. The van der Waals surface area contributed by atoms with Crippen LogP contribution >= 0.6 is 0 Å². The molecule has 0 saturated carbocycles. The molecule has 0 spiro atoms. The van der Waals surface area contributed by atoms with Crippen molar-refractivity contribution in [1.29, 1.82) is 0 Å². The molecule has 110 valence electrons. The summed E-state index contributed by atoms with van der Waals surface area (Å²) in [6.45, 7) is 2.00. The van der Waals surface area contributed by atoms with E-state index in [2.05, 4.69) is 0 Å². The molecule has 1 aliphatic heterocycles. The summed E-state index contributed by atoms with van der Waals surface area (Å²) >= 11 is 0. The van der Waals surface area contributed by atoms with E-state index in [1.54, 1.807) is 25.3 Å². The van der Waals surface area contributed by atoms with Gasteiger partial charge < -0.3 is 14.6 Å². The fourth-order valence-electron chi connectivity index (χ4n) is 2.70. The van der Waals surface area contributed by atoms with E-state index in [-0.39, 0.29) is 11.9 Å². The van der Waals surface area contributed by atoms with Gasteiger partial charge >= 0.3 is 0 Å². The number of hydrogen-bond donors (Lipinski definition) is 1. The molecule has 21 heavy (non-hydrogen) atoms. The molecule has 0 aliphatic carbocycles. The zero-order valence-corrected chi connectivity index (χ0v) is 12.0. The molecule has 2 atom stereocenters. The van der Waals surface area contributed by atoms with Crippen LogP contribution in [-0.4, -0.2) is 18.3 Å². The third-order valence-corrected chi connectivity index (χ3v) is 3.71. The van der Waals surface area contributed by atoms with Crippen LogP contribution < -0.4 is 9.47 Å². The summed E-state index contributed by atoms with van der Waals surface area (Å²) in [5, 5.41) is 10.5. The molecule has 0 saturated heterocycles. The number of hydrogen-bond acceptors (Lipinski definition) is 3. The lowest BCUT2D eigenvalue weighted by Crippen LogP contribution is -2.05. The second-order valence-corrected chi connectivity index (χ2v) is 5.29. The standard InChI is InChI=1S/C17H17FO3/c1-10-6-12-8-16(20-2)14(9-15(12)21-10)17(19)11-4-3-5-13(18)7-11/h3-5,7-10,17,19H,6H2,1-2H3. The Hall–Kier alpha value is -2.07. The van der Waals surface area contributed by atoms with Gasteiger partial charge in [0.2, 0.25) is 0 Å². The van der Waals surface area contributed by atoms with Crippen molar-refractivity contribution < 1.29 is 19.0 Å². The first-order chi connectivity index (χ1) is 10.1. The van der Waals surface area contributed by atoms with Crippen LogP contribution in [0.15, 0.2) is 36.4 Å². The van der Waals surface area contributed by atoms with E-state index in [4.69, 9.17) is 9.47 Å². The number of aliphatic hydroxyl groups excluding tert-OH is 1. The van der Waals surface area contributed by atoms with Gasteiger partial charge in [-0.3, -0.25) is 0 Å². The van der Waals surface area contributed by atoms with Gasteiger partial charge in [0.15, 0.2) is 0 Å². The molecule has 1 N–H and O–H groups in total. The monoisotopic (exact) mass is 288 g/mol. The lowest BCUT2D eigenvalue weighted by atomic mass is 9.98. The van der Waals surface area contributed by atoms with Crippen molar-refractivity contribution in [2.45, 2.75) is 25.6 Å². The molecule has 4 heteroatoms. The quantitative estimate of drug-likeness (QED) is 0.942. The van der Waals surface area contributed by atoms with Crippen LogP contribution in [0.3, 0.4) is 0 Å². The predicted molar refractivity (Wildman–Crippen MR) is 77.2 cm³/mol. The molecule has 0 bridgehead atoms. The second-order valence-electron chi connectivity index (χ2n) is 5.29. The predicted octanol–water partition coefficient (Wildman–Crippen LogP) is 3.24. The number of benzene rings is 2. The molecular formula is C17H17FO3. The van der Waals surface area contributed by atoms with Crippen LogP contribution in [0.1, 0.15) is 29.7 Å². The van der Waals surface area contributed by atoms with Crippen molar-refractivity contribution in [2.75, 3.05) is 7.11 Å². The molecule has 0 radical (unpaired) electrons. The molecule has 2 aromatic rings. The summed E-state index contributed by atoms with van der Waals surface area (Å²) in [6, 6.07) is 9.60. The largest absolute Gasteiger partial charge is 0.496 e. The molecule has 0 aromatic heterocycles. The Morgan fingerprint density at radius 3 is 2.86 bits per heavy atom. The van der Waals surface area contributed by atoms with Crippen molar-refractivity contribution >= 4 is 0 Å². The SMILES string of the molecule is COc1cc2c(cc1C(O)c1cccc(F)c1)OC(C)C2. The molecule has 2 aromatic carbocycles. The molecule has 3 rings (SSSR count). The van der Waals surface area contributed by atoms with E-state index in [0.717, 1.165) is 17.7 Å². The van der Waals surface area contributed by atoms with Gasteiger partial charge in [0.1, 0.15) is 29.5 Å². The van der Waals surface area contributed by atoms with E-state index < -0.39 is 6.10 Å². The Morgan fingerprint density at radius 1 is 1.33 bits per heavy atom. The fourth-order valence-corrected chi connectivity index (χ4v) is 2.70. The molecule has 1 aliphatic rings. The maximum absolute atomic E-state index is 13.3. The average Bonchev–Trinajstić information content (AvgIpc) is 2.84. The van der Waals surface area contributed by atoms with Crippen molar-refractivity contribution in [3.05, 3.63) is 58.9 Å². The molecule has 3 nitrogen and oxygen atoms in total. The Balaban J connectivity index is 2.03. The maximum atomic E-state index is 13.3. The van der Waals surface area contributed by atoms with Gasteiger partial charge in [-0.05, 0) is 36.8 Å². The Kier molecular flexibility index (Phi) is 3.55. The lowest BCUT2D eigenvalue weighted by molar-refractivity contribution is 0.212. The van der Waals surface area contributed by atoms with Crippen LogP contribution in [0.5, 0.6) is 11.5 Å². The summed E-state index contributed by atoms with van der Waals surface area (Å²) < 4.78 is 24.4. The number of halogens is 1. The smallest absolute Gasteiger partial charge is 0.125 e.